The summed E-state index contributed by atoms with van der Waals surface area (Å²) in [6.07, 6.45) is 1.26. The van der Waals surface area contributed by atoms with E-state index < -0.39 is 11.9 Å². The third-order valence-corrected chi connectivity index (χ3v) is 2.88. The molecule has 2 rings (SSSR count). The molecule has 0 radical (unpaired) electrons. The van der Waals surface area contributed by atoms with E-state index in [-0.39, 0.29) is 17.7 Å². The van der Waals surface area contributed by atoms with E-state index in [4.69, 9.17) is 21.1 Å². The summed E-state index contributed by atoms with van der Waals surface area (Å²) < 4.78 is 23.2. The maximum Gasteiger partial charge on any atom is 0.411 e. The van der Waals surface area contributed by atoms with Crippen LogP contribution in [0.25, 0.3) is 0 Å². The normalized spacial score (nSPS) is 18.7. The second-order valence-corrected chi connectivity index (χ2v) is 4.39. The summed E-state index contributed by atoms with van der Waals surface area (Å²) in [5, 5.41) is 2.42. The molecule has 4 nitrogen and oxygen atoms in total. The van der Waals surface area contributed by atoms with Gasteiger partial charge >= 0.3 is 6.09 Å². The number of rotatable bonds is 3. The van der Waals surface area contributed by atoms with Gasteiger partial charge in [-0.25, -0.2) is 9.18 Å². The Morgan fingerprint density at radius 1 is 1.61 bits per heavy atom. The second-order valence-electron chi connectivity index (χ2n) is 3.99. The zero-order chi connectivity index (χ0) is 13.0. The van der Waals surface area contributed by atoms with E-state index in [0.717, 1.165) is 12.8 Å². The van der Waals surface area contributed by atoms with Crippen LogP contribution in [-0.2, 0) is 9.47 Å². The van der Waals surface area contributed by atoms with Gasteiger partial charge < -0.3 is 9.47 Å². The van der Waals surface area contributed by atoms with Gasteiger partial charge in [0.05, 0.1) is 11.1 Å². The van der Waals surface area contributed by atoms with E-state index in [1.807, 2.05) is 0 Å². The number of carbonyl (C=O) groups is 1. The first-order valence-electron chi connectivity index (χ1n) is 5.65. The van der Waals surface area contributed by atoms with E-state index in [1.54, 1.807) is 0 Å². The lowest BCUT2D eigenvalue weighted by atomic mass is 10.2. The lowest BCUT2D eigenvalue weighted by Gasteiger charge is -2.11. The summed E-state index contributed by atoms with van der Waals surface area (Å²) >= 11 is 5.59. The minimum atomic E-state index is -0.604. The van der Waals surface area contributed by atoms with E-state index in [9.17, 15) is 9.18 Å². The van der Waals surface area contributed by atoms with Gasteiger partial charge in [0.2, 0.25) is 0 Å². The number of benzene rings is 1. The van der Waals surface area contributed by atoms with Crippen LogP contribution in [-0.4, -0.2) is 25.4 Å². The number of ether oxygens (including phenoxy) is 2. The molecule has 1 aliphatic heterocycles. The van der Waals surface area contributed by atoms with Gasteiger partial charge in [0.15, 0.2) is 0 Å². The Morgan fingerprint density at radius 2 is 2.44 bits per heavy atom. The Balaban J connectivity index is 1.80. The molecule has 98 valence electrons. The minimum absolute atomic E-state index is 0.0208. The van der Waals surface area contributed by atoms with Crippen LogP contribution < -0.4 is 5.32 Å². The Hall–Kier alpha value is -1.33. The number of halogens is 2. The molecular formula is C12H13ClFNO3. The summed E-state index contributed by atoms with van der Waals surface area (Å²) in [6, 6.07) is 3.91. The van der Waals surface area contributed by atoms with Crippen molar-refractivity contribution in [3.05, 3.63) is 29.0 Å². The highest BCUT2D eigenvalue weighted by atomic mass is 35.5. The van der Waals surface area contributed by atoms with Gasteiger partial charge in [-0.2, -0.15) is 0 Å². The predicted molar refractivity (Wildman–Crippen MR) is 65.4 cm³/mol. The average Bonchev–Trinajstić information content (AvgIpc) is 2.84. The Kier molecular flexibility index (Phi) is 4.38. The summed E-state index contributed by atoms with van der Waals surface area (Å²) in [6.45, 7) is 0.934. The Labute approximate surface area is 109 Å². The molecule has 1 atom stereocenters. The molecule has 0 aromatic heterocycles. The van der Waals surface area contributed by atoms with Crippen molar-refractivity contribution in [3.63, 3.8) is 0 Å². The predicted octanol–water partition coefficient (Wildman–Crippen LogP) is 3.21. The first-order valence-corrected chi connectivity index (χ1v) is 6.03. The van der Waals surface area contributed by atoms with Crippen LogP contribution in [0.5, 0.6) is 0 Å². The van der Waals surface area contributed by atoms with Crippen molar-refractivity contribution in [1.29, 1.82) is 0 Å². The molecule has 1 saturated heterocycles. The molecule has 1 aromatic rings. The maximum atomic E-state index is 12.9. The number of nitrogens with one attached hydrogen (secondary N) is 1. The second kappa shape index (κ2) is 6.02. The van der Waals surface area contributed by atoms with Crippen LogP contribution in [0, 0.1) is 5.82 Å². The van der Waals surface area contributed by atoms with Crippen LogP contribution in [0.2, 0.25) is 5.02 Å². The molecular weight excluding hydrogens is 261 g/mol. The number of carbonyl (C=O) groups excluding carboxylic acids is 1. The molecule has 1 amide bonds. The minimum Gasteiger partial charge on any atom is -0.447 e. The summed E-state index contributed by atoms with van der Waals surface area (Å²) in [5.74, 6) is -0.532. The molecule has 0 saturated carbocycles. The van der Waals surface area contributed by atoms with Gasteiger partial charge in [-0.1, -0.05) is 11.6 Å². The molecule has 6 heteroatoms. The first kappa shape index (κ1) is 13.1. The van der Waals surface area contributed by atoms with Gasteiger partial charge in [0.1, 0.15) is 12.4 Å². The fourth-order valence-corrected chi connectivity index (χ4v) is 1.85. The molecule has 0 aliphatic carbocycles. The quantitative estimate of drug-likeness (QED) is 0.920. The summed E-state index contributed by atoms with van der Waals surface area (Å²) in [7, 11) is 0. The Morgan fingerprint density at radius 3 is 3.11 bits per heavy atom. The highest BCUT2D eigenvalue weighted by Crippen LogP contribution is 2.19. The molecule has 1 aromatic carbocycles. The van der Waals surface area contributed by atoms with Crippen molar-refractivity contribution in [1.82, 2.24) is 0 Å². The number of hydrogen-bond donors (Lipinski definition) is 1. The highest BCUT2D eigenvalue weighted by molar-refractivity contribution is 6.31. The van der Waals surface area contributed by atoms with Crippen molar-refractivity contribution in [2.45, 2.75) is 18.9 Å². The number of anilines is 1. The van der Waals surface area contributed by atoms with E-state index in [0.29, 0.717) is 12.3 Å². The number of amides is 1. The average molecular weight is 274 g/mol. The van der Waals surface area contributed by atoms with E-state index in [2.05, 4.69) is 5.32 Å². The standard InChI is InChI=1S/C12H13ClFNO3/c13-10-6-8(3-4-11(10)14)15-12(16)18-7-9-2-1-5-17-9/h3-4,6,9H,1-2,5,7H2,(H,15,16). The molecule has 1 fully saturated rings. The lowest BCUT2D eigenvalue weighted by Crippen LogP contribution is -2.21. The maximum absolute atomic E-state index is 12.9. The van der Waals surface area contributed by atoms with Gasteiger partial charge in [0.25, 0.3) is 0 Å². The largest absolute Gasteiger partial charge is 0.447 e. The molecule has 1 unspecified atom stereocenters. The highest BCUT2D eigenvalue weighted by Gasteiger charge is 2.17. The lowest BCUT2D eigenvalue weighted by molar-refractivity contribution is 0.0484. The van der Waals surface area contributed by atoms with E-state index >= 15 is 0 Å². The zero-order valence-corrected chi connectivity index (χ0v) is 10.4. The zero-order valence-electron chi connectivity index (χ0n) is 9.62. The van der Waals surface area contributed by atoms with Gasteiger partial charge in [-0.3, -0.25) is 5.32 Å². The van der Waals surface area contributed by atoms with Crippen molar-refractivity contribution >= 4 is 23.4 Å². The molecule has 1 aliphatic rings. The third-order valence-electron chi connectivity index (χ3n) is 2.59. The molecule has 0 spiro atoms. The molecule has 18 heavy (non-hydrogen) atoms. The Bertz CT molecular complexity index is 435. The van der Waals surface area contributed by atoms with Crippen LogP contribution in [0.1, 0.15) is 12.8 Å². The van der Waals surface area contributed by atoms with Crippen molar-refractivity contribution in [2.75, 3.05) is 18.5 Å². The molecule has 0 bridgehead atoms. The first-order chi connectivity index (χ1) is 8.65. The van der Waals surface area contributed by atoms with Gasteiger partial charge in [-0.15, -0.1) is 0 Å². The fraction of sp³-hybridized carbons (Fsp3) is 0.417. The van der Waals surface area contributed by atoms with E-state index in [1.165, 1.54) is 18.2 Å². The molecule has 1 heterocycles. The van der Waals surface area contributed by atoms with Crippen LogP contribution >= 0.6 is 11.6 Å². The van der Waals surface area contributed by atoms with Crippen LogP contribution in [0.4, 0.5) is 14.9 Å². The van der Waals surface area contributed by atoms with Crippen LogP contribution in [0.15, 0.2) is 18.2 Å². The van der Waals surface area contributed by atoms with Gasteiger partial charge in [-0.05, 0) is 31.0 Å². The fourth-order valence-electron chi connectivity index (χ4n) is 1.67. The topological polar surface area (TPSA) is 47.6 Å². The van der Waals surface area contributed by atoms with Crippen LogP contribution in [0.3, 0.4) is 0 Å². The molecule has 1 N–H and O–H groups in total. The summed E-state index contributed by atoms with van der Waals surface area (Å²) in [5.41, 5.74) is 0.388. The van der Waals surface area contributed by atoms with Crippen molar-refractivity contribution < 1.29 is 18.7 Å². The number of hydrogen-bond acceptors (Lipinski definition) is 3. The smallest absolute Gasteiger partial charge is 0.411 e. The van der Waals surface area contributed by atoms with Crippen molar-refractivity contribution in [3.8, 4) is 0 Å². The van der Waals surface area contributed by atoms with Gasteiger partial charge in [0, 0.05) is 12.3 Å². The SMILES string of the molecule is O=C(Nc1ccc(F)c(Cl)c1)OCC1CCCO1. The monoisotopic (exact) mass is 273 g/mol. The summed E-state index contributed by atoms with van der Waals surface area (Å²) in [4.78, 5) is 11.4. The third kappa shape index (κ3) is 3.58. The van der Waals surface area contributed by atoms with Crippen molar-refractivity contribution in [2.24, 2.45) is 0 Å².